The lowest BCUT2D eigenvalue weighted by Gasteiger charge is -2.10. The first-order chi connectivity index (χ1) is 8.06. The van der Waals surface area contributed by atoms with Crippen LogP contribution in [0.5, 0.6) is 0 Å². The number of aryl methyl sites for hydroxylation is 1. The van der Waals surface area contributed by atoms with Crippen LogP contribution < -0.4 is 11.1 Å². The predicted molar refractivity (Wildman–Crippen MR) is 76.3 cm³/mol. The van der Waals surface area contributed by atoms with Crippen LogP contribution in [0.1, 0.15) is 5.56 Å². The van der Waals surface area contributed by atoms with Crippen molar-refractivity contribution >= 4 is 49.3 Å². The molecule has 88 valence electrons. The van der Waals surface area contributed by atoms with Gasteiger partial charge in [0.2, 0.25) is 5.95 Å². The number of aromatic nitrogens is 2. The van der Waals surface area contributed by atoms with E-state index in [0.29, 0.717) is 5.82 Å². The van der Waals surface area contributed by atoms with Gasteiger partial charge in [-0.3, -0.25) is 0 Å². The highest BCUT2D eigenvalue weighted by Gasteiger charge is 2.06. The average molecular weight is 358 g/mol. The Labute approximate surface area is 116 Å². The Bertz CT molecular complexity index is 508. The van der Waals surface area contributed by atoms with Crippen molar-refractivity contribution in [3.63, 3.8) is 0 Å². The molecule has 0 saturated carbocycles. The van der Waals surface area contributed by atoms with E-state index in [9.17, 15) is 0 Å². The van der Waals surface area contributed by atoms with Crippen molar-refractivity contribution in [2.24, 2.45) is 0 Å². The lowest BCUT2D eigenvalue weighted by atomic mass is 10.2. The molecule has 1 aromatic heterocycles. The van der Waals surface area contributed by atoms with E-state index >= 15 is 0 Å². The minimum absolute atomic E-state index is 0.236. The first kappa shape index (κ1) is 12.3. The fourth-order valence-electron chi connectivity index (χ4n) is 1.33. The van der Waals surface area contributed by atoms with Gasteiger partial charge in [0, 0.05) is 10.7 Å². The van der Waals surface area contributed by atoms with Gasteiger partial charge < -0.3 is 11.1 Å². The molecular weight excluding hydrogens is 348 g/mol. The minimum atomic E-state index is 0.236. The molecule has 0 amide bonds. The molecule has 1 aromatic carbocycles. The Morgan fingerprint density at radius 2 is 2.00 bits per heavy atom. The molecule has 4 nitrogen and oxygen atoms in total. The SMILES string of the molecule is Cc1ccc(Br)c(Nc2nc(N)ncc2Br)c1. The molecular formula is C11H10Br2N4. The highest BCUT2D eigenvalue weighted by atomic mass is 79.9. The maximum Gasteiger partial charge on any atom is 0.222 e. The van der Waals surface area contributed by atoms with Gasteiger partial charge in [-0.25, -0.2) is 4.98 Å². The number of benzene rings is 1. The third-order valence-electron chi connectivity index (χ3n) is 2.14. The van der Waals surface area contributed by atoms with E-state index in [1.165, 1.54) is 0 Å². The molecule has 3 N–H and O–H groups in total. The summed E-state index contributed by atoms with van der Waals surface area (Å²) in [6.07, 6.45) is 1.62. The molecule has 6 heteroatoms. The molecule has 17 heavy (non-hydrogen) atoms. The van der Waals surface area contributed by atoms with Crippen molar-refractivity contribution in [2.45, 2.75) is 6.92 Å². The number of halogens is 2. The molecule has 0 fully saturated rings. The molecule has 0 radical (unpaired) electrons. The zero-order valence-corrected chi connectivity index (χ0v) is 12.2. The molecule has 0 spiro atoms. The summed E-state index contributed by atoms with van der Waals surface area (Å²) in [5, 5.41) is 3.20. The number of nitrogens with one attached hydrogen (secondary N) is 1. The fourth-order valence-corrected chi connectivity index (χ4v) is 1.97. The molecule has 0 unspecified atom stereocenters. The third-order valence-corrected chi connectivity index (χ3v) is 3.41. The van der Waals surface area contributed by atoms with E-state index in [0.717, 1.165) is 20.2 Å². The fraction of sp³-hybridized carbons (Fsp3) is 0.0909. The molecule has 0 aliphatic heterocycles. The molecule has 0 bridgehead atoms. The van der Waals surface area contributed by atoms with Crippen molar-refractivity contribution in [2.75, 3.05) is 11.1 Å². The standard InChI is InChI=1S/C11H10Br2N4/c1-6-2-3-7(12)9(4-6)16-10-8(13)5-15-11(14)17-10/h2-5H,1H3,(H3,14,15,16,17). The number of anilines is 3. The number of nitrogens with two attached hydrogens (primary N) is 1. The summed E-state index contributed by atoms with van der Waals surface area (Å²) in [6, 6.07) is 6.03. The lowest BCUT2D eigenvalue weighted by molar-refractivity contribution is 1.17. The third kappa shape index (κ3) is 2.95. The Morgan fingerprint density at radius 1 is 1.24 bits per heavy atom. The van der Waals surface area contributed by atoms with Crippen molar-refractivity contribution < 1.29 is 0 Å². The van der Waals surface area contributed by atoms with E-state index in [-0.39, 0.29) is 5.95 Å². The quantitative estimate of drug-likeness (QED) is 0.861. The van der Waals surface area contributed by atoms with Gasteiger partial charge in [0.05, 0.1) is 10.2 Å². The van der Waals surface area contributed by atoms with Crippen LogP contribution in [0.25, 0.3) is 0 Å². The summed E-state index contributed by atoms with van der Waals surface area (Å²) in [5.74, 6) is 0.878. The minimum Gasteiger partial charge on any atom is -0.368 e. The maximum absolute atomic E-state index is 5.55. The highest BCUT2D eigenvalue weighted by molar-refractivity contribution is 9.11. The Morgan fingerprint density at radius 3 is 2.76 bits per heavy atom. The highest BCUT2D eigenvalue weighted by Crippen LogP contribution is 2.29. The summed E-state index contributed by atoms with van der Waals surface area (Å²) in [5.41, 5.74) is 7.65. The van der Waals surface area contributed by atoms with Crippen LogP contribution in [0.15, 0.2) is 33.3 Å². The van der Waals surface area contributed by atoms with Gasteiger partial charge in [-0.05, 0) is 56.5 Å². The monoisotopic (exact) mass is 356 g/mol. The van der Waals surface area contributed by atoms with Crippen LogP contribution in [0, 0.1) is 6.92 Å². The van der Waals surface area contributed by atoms with Crippen LogP contribution in [-0.4, -0.2) is 9.97 Å². The number of nitrogen functional groups attached to an aromatic ring is 1. The molecule has 0 atom stereocenters. The second-order valence-electron chi connectivity index (χ2n) is 3.53. The summed E-state index contributed by atoms with van der Waals surface area (Å²) >= 11 is 6.85. The molecule has 1 heterocycles. The number of rotatable bonds is 2. The van der Waals surface area contributed by atoms with Crippen LogP contribution in [0.2, 0.25) is 0 Å². The van der Waals surface area contributed by atoms with Crippen LogP contribution in [0.4, 0.5) is 17.5 Å². The van der Waals surface area contributed by atoms with Gasteiger partial charge in [-0.2, -0.15) is 4.98 Å². The second kappa shape index (κ2) is 5.01. The van der Waals surface area contributed by atoms with Crippen LogP contribution >= 0.6 is 31.9 Å². The Kier molecular flexibility index (Phi) is 3.63. The van der Waals surface area contributed by atoms with Gasteiger partial charge in [0.15, 0.2) is 0 Å². The normalized spacial score (nSPS) is 10.3. The van der Waals surface area contributed by atoms with Crippen molar-refractivity contribution in [1.82, 2.24) is 9.97 Å². The molecule has 0 saturated heterocycles. The van der Waals surface area contributed by atoms with Crippen LogP contribution in [0.3, 0.4) is 0 Å². The Balaban J connectivity index is 2.37. The van der Waals surface area contributed by atoms with Crippen molar-refractivity contribution in [3.05, 3.63) is 38.9 Å². The zero-order chi connectivity index (χ0) is 12.4. The summed E-state index contributed by atoms with van der Waals surface area (Å²) in [7, 11) is 0. The summed E-state index contributed by atoms with van der Waals surface area (Å²) in [4.78, 5) is 8.02. The number of nitrogens with zero attached hydrogens (tertiary/aromatic N) is 2. The smallest absolute Gasteiger partial charge is 0.222 e. The second-order valence-corrected chi connectivity index (χ2v) is 5.24. The van der Waals surface area contributed by atoms with E-state index in [2.05, 4.69) is 47.1 Å². The van der Waals surface area contributed by atoms with E-state index in [1.54, 1.807) is 6.20 Å². The van der Waals surface area contributed by atoms with Crippen molar-refractivity contribution in [3.8, 4) is 0 Å². The predicted octanol–water partition coefficient (Wildman–Crippen LogP) is 3.64. The number of hydrogen-bond donors (Lipinski definition) is 2. The van der Waals surface area contributed by atoms with Gasteiger partial charge >= 0.3 is 0 Å². The van der Waals surface area contributed by atoms with E-state index in [4.69, 9.17) is 5.73 Å². The van der Waals surface area contributed by atoms with E-state index < -0.39 is 0 Å². The van der Waals surface area contributed by atoms with Gasteiger partial charge in [0.25, 0.3) is 0 Å². The van der Waals surface area contributed by atoms with Crippen molar-refractivity contribution in [1.29, 1.82) is 0 Å². The Hall–Kier alpha value is -1.14. The number of hydrogen-bond acceptors (Lipinski definition) is 4. The molecule has 0 aliphatic carbocycles. The maximum atomic E-state index is 5.55. The van der Waals surface area contributed by atoms with E-state index in [1.807, 2.05) is 25.1 Å². The average Bonchev–Trinajstić information content (AvgIpc) is 2.28. The first-order valence-corrected chi connectivity index (χ1v) is 6.46. The topological polar surface area (TPSA) is 63.8 Å². The van der Waals surface area contributed by atoms with Crippen LogP contribution in [-0.2, 0) is 0 Å². The van der Waals surface area contributed by atoms with Gasteiger partial charge in [0.1, 0.15) is 5.82 Å². The first-order valence-electron chi connectivity index (χ1n) is 4.87. The van der Waals surface area contributed by atoms with Gasteiger partial charge in [-0.1, -0.05) is 6.07 Å². The molecule has 2 aromatic rings. The zero-order valence-electron chi connectivity index (χ0n) is 9.04. The largest absolute Gasteiger partial charge is 0.368 e. The van der Waals surface area contributed by atoms with Gasteiger partial charge in [-0.15, -0.1) is 0 Å². The lowest BCUT2D eigenvalue weighted by Crippen LogP contribution is -2.01. The molecule has 2 rings (SSSR count). The molecule has 0 aliphatic rings. The summed E-state index contributed by atoms with van der Waals surface area (Å²) in [6.45, 7) is 2.03. The summed E-state index contributed by atoms with van der Waals surface area (Å²) < 4.78 is 1.73.